The highest BCUT2D eigenvalue weighted by Crippen LogP contribution is 2.42. The number of esters is 1. The summed E-state index contributed by atoms with van der Waals surface area (Å²) >= 11 is 0. The van der Waals surface area contributed by atoms with E-state index >= 15 is 0 Å². The van der Waals surface area contributed by atoms with Crippen molar-refractivity contribution in [3.63, 3.8) is 0 Å². The summed E-state index contributed by atoms with van der Waals surface area (Å²) in [5, 5.41) is 0. The average Bonchev–Trinajstić information content (AvgIpc) is 3.29. The fourth-order valence-corrected chi connectivity index (χ4v) is 4.19. The first-order valence-electron chi connectivity index (χ1n) is 9.47. The van der Waals surface area contributed by atoms with Crippen molar-refractivity contribution in [1.82, 2.24) is 4.90 Å². The highest BCUT2D eigenvalue weighted by atomic mass is 16.6. The number of fused-ring (bicyclic) bond motifs is 1. The van der Waals surface area contributed by atoms with Gasteiger partial charge in [0.15, 0.2) is 6.04 Å². The van der Waals surface area contributed by atoms with Gasteiger partial charge in [0, 0.05) is 19.1 Å². The average molecular weight is 353 g/mol. The van der Waals surface area contributed by atoms with Crippen molar-refractivity contribution in [3.05, 3.63) is 0 Å². The standard InChI is InChI=1S/C19H31NO5/c1-19(2,3)25-18(22)20-11-14-10-13(9-12-5-6-12)7-8-24-16(14)15(20)17(21)23-4/h12-16H,5-11H2,1-4H3/t13-,14-,15-,16+/m0/s1. The van der Waals surface area contributed by atoms with Crippen LogP contribution < -0.4 is 0 Å². The number of ether oxygens (including phenoxy) is 3. The zero-order valence-corrected chi connectivity index (χ0v) is 15.8. The fourth-order valence-electron chi connectivity index (χ4n) is 4.19. The van der Waals surface area contributed by atoms with Crippen LogP contribution in [0.4, 0.5) is 4.79 Å². The summed E-state index contributed by atoms with van der Waals surface area (Å²) in [6, 6.07) is -0.704. The van der Waals surface area contributed by atoms with Gasteiger partial charge in [-0.15, -0.1) is 0 Å². The molecule has 0 spiro atoms. The number of carbonyl (C=O) groups excluding carboxylic acids is 2. The molecule has 3 aliphatic rings. The molecule has 0 unspecified atom stereocenters. The Morgan fingerprint density at radius 1 is 1.16 bits per heavy atom. The van der Waals surface area contributed by atoms with Gasteiger partial charge in [0.1, 0.15) is 5.60 Å². The van der Waals surface area contributed by atoms with Crippen LogP contribution in [0.1, 0.15) is 52.9 Å². The third-order valence-corrected chi connectivity index (χ3v) is 5.45. The van der Waals surface area contributed by atoms with Crippen LogP contribution in [0.25, 0.3) is 0 Å². The molecule has 1 aliphatic carbocycles. The van der Waals surface area contributed by atoms with Crippen molar-refractivity contribution in [3.8, 4) is 0 Å². The molecule has 2 aliphatic heterocycles. The summed E-state index contributed by atoms with van der Waals surface area (Å²) in [5.41, 5.74) is -0.599. The number of nitrogens with zero attached hydrogens (tertiary/aromatic N) is 1. The molecule has 4 atom stereocenters. The lowest BCUT2D eigenvalue weighted by Gasteiger charge is -2.28. The van der Waals surface area contributed by atoms with E-state index in [-0.39, 0.29) is 12.0 Å². The topological polar surface area (TPSA) is 65.1 Å². The predicted molar refractivity (Wildman–Crippen MR) is 92.0 cm³/mol. The Morgan fingerprint density at radius 2 is 1.88 bits per heavy atom. The number of rotatable bonds is 3. The molecule has 1 saturated carbocycles. The van der Waals surface area contributed by atoms with E-state index in [1.165, 1.54) is 31.3 Å². The van der Waals surface area contributed by atoms with Gasteiger partial charge in [-0.1, -0.05) is 12.8 Å². The van der Waals surface area contributed by atoms with E-state index in [0.717, 1.165) is 18.8 Å². The van der Waals surface area contributed by atoms with Crippen LogP contribution in [0, 0.1) is 17.8 Å². The summed E-state index contributed by atoms with van der Waals surface area (Å²) in [7, 11) is 1.36. The molecule has 142 valence electrons. The smallest absolute Gasteiger partial charge is 0.411 e. The lowest BCUT2D eigenvalue weighted by molar-refractivity contribution is -0.150. The normalized spacial score (nSPS) is 32.7. The Bertz CT molecular complexity index is 510. The van der Waals surface area contributed by atoms with Gasteiger partial charge < -0.3 is 14.2 Å². The maximum absolute atomic E-state index is 12.6. The third-order valence-electron chi connectivity index (χ3n) is 5.45. The van der Waals surface area contributed by atoms with Gasteiger partial charge in [-0.05, 0) is 51.9 Å². The minimum atomic E-state index is -0.704. The third kappa shape index (κ3) is 4.46. The fraction of sp³-hybridized carbons (Fsp3) is 0.895. The van der Waals surface area contributed by atoms with Crippen LogP contribution >= 0.6 is 0 Å². The second-order valence-corrected chi connectivity index (χ2v) is 8.77. The van der Waals surface area contributed by atoms with Crippen molar-refractivity contribution in [2.75, 3.05) is 20.3 Å². The highest BCUT2D eigenvalue weighted by molar-refractivity contribution is 5.83. The van der Waals surface area contributed by atoms with E-state index in [4.69, 9.17) is 14.2 Å². The lowest BCUT2D eigenvalue weighted by Crippen LogP contribution is -2.48. The lowest BCUT2D eigenvalue weighted by atomic mass is 9.87. The van der Waals surface area contributed by atoms with Crippen molar-refractivity contribution in [2.24, 2.45) is 17.8 Å². The van der Waals surface area contributed by atoms with E-state index in [9.17, 15) is 9.59 Å². The molecule has 0 radical (unpaired) electrons. The largest absolute Gasteiger partial charge is 0.467 e. The Kier molecular flexibility index (Phi) is 5.28. The summed E-state index contributed by atoms with van der Waals surface area (Å²) < 4.78 is 16.5. The minimum absolute atomic E-state index is 0.169. The van der Waals surface area contributed by atoms with Crippen molar-refractivity contribution in [1.29, 1.82) is 0 Å². The van der Waals surface area contributed by atoms with Crippen molar-refractivity contribution < 1.29 is 23.8 Å². The highest BCUT2D eigenvalue weighted by Gasteiger charge is 2.51. The van der Waals surface area contributed by atoms with Gasteiger partial charge >= 0.3 is 12.1 Å². The molecule has 0 bridgehead atoms. The molecule has 2 saturated heterocycles. The second-order valence-electron chi connectivity index (χ2n) is 8.77. The van der Waals surface area contributed by atoms with Crippen LogP contribution in [0.5, 0.6) is 0 Å². The number of carbonyl (C=O) groups is 2. The van der Waals surface area contributed by atoms with Crippen LogP contribution in [0.15, 0.2) is 0 Å². The van der Waals surface area contributed by atoms with Crippen molar-refractivity contribution in [2.45, 2.75) is 70.6 Å². The summed E-state index contributed by atoms with van der Waals surface area (Å²) in [6.45, 7) is 6.63. The van der Waals surface area contributed by atoms with E-state index < -0.39 is 23.7 Å². The molecule has 0 N–H and O–H groups in total. The Morgan fingerprint density at radius 3 is 2.48 bits per heavy atom. The molecule has 6 heteroatoms. The van der Waals surface area contributed by atoms with Gasteiger partial charge in [0.05, 0.1) is 13.2 Å². The Labute approximate surface area is 150 Å². The molecule has 0 aromatic carbocycles. The van der Waals surface area contributed by atoms with Gasteiger partial charge in [0.2, 0.25) is 0 Å². The van der Waals surface area contributed by atoms with E-state index in [1.807, 2.05) is 20.8 Å². The first-order valence-corrected chi connectivity index (χ1v) is 9.47. The zero-order chi connectivity index (χ0) is 18.2. The van der Waals surface area contributed by atoms with Gasteiger partial charge in [-0.3, -0.25) is 4.90 Å². The molecule has 0 aromatic rings. The van der Waals surface area contributed by atoms with Crippen LogP contribution in [0.3, 0.4) is 0 Å². The summed E-state index contributed by atoms with van der Waals surface area (Å²) in [5.74, 6) is 1.25. The van der Waals surface area contributed by atoms with Crippen LogP contribution in [-0.4, -0.2) is 55.0 Å². The number of hydrogen-bond donors (Lipinski definition) is 0. The zero-order valence-electron chi connectivity index (χ0n) is 15.8. The molecule has 25 heavy (non-hydrogen) atoms. The maximum atomic E-state index is 12.6. The van der Waals surface area contributed by atoms with Crippen LogP contribution in [-0.2, 0) is 19.0 Å². The van der Waals surface area contributed by atoms with Crippen LogP contribution in [0.2, 0.25) is 0 Å². The number of likely N-dealkylation sites (tertiary alicyclic amines) is 1. The minimum Gasteiger partial charge on any atom is -0.467 e. The number of amides is 1. The molecule has 3 fully saturated rings. The summed E-state index contributed by atoms with van der Waals surface area (Å²) in [4.78, 5) is 26.5. The first-order chi connectivity index (χ1) is 11.8. The maximum Gasteiger partial charge on any atom is 0.411 e. The van der Waals surface area contributed by atoms with E-state index in [0.29, 0.717) is 19.1 Å². The van der Waals surface area contributed by atoms with E-state index in [1.54, 1.807) is 0 Å². The van der Waals surface area contributed by atoms with Gasteiger partial charge in [0.25, 0.3) is 0 Å². The Hall–Kier alpha value is -1.30. The molecule has 3 rings (SSSR count). The second kappa shape index (κ2) is 7.14. The predicted octanol–water partition coefficient (Wildman–Crippen LogP) is 2.99. The molecular formula is C19H31NO5. The quantitative estimate of drug-likeness (QED) is 0.730. The van der Waals surface area contributed by atoms with Crippen molar-refractivity contribution >= 4 is 12.1 Å². The first kappa shape index (κ1) is 18.5. The SMILES string of the molecule is COC(=O)[C@@H]1[C@@H]2OCC[C@@H](CC3CC3)C[C@H]2CN1C(=O)OC(C)(C)C. The molecule has 0 aromatic heterocycles. The Balaban J connectivity index is 1.74. The molecular weight excluding hydrogens is 322 g/mol. The molecule has 1 amide bonds. The molecule has 6 nitrogen and oxygen atoms in total. The van der Waals surface area contributed by atoms with E-state index in [2.05, 4.69) is 0 Å². The monoisotopic (exact) mass is 353 g/mol. The summed E-state index contributed by atoms with van der Waals surface area (Å²) in [6.07, 6.45) is 5.25. The number of hydrogen-bond acceptors (Lipinski definition) is 5. The van der Waals surface area contributed by atoms with Gasteiger partial charge in [-0.25, -0.2) is 9.59 Å². The molecule has 2 heterocycles. The number of methoxy groups -OCH3 is 1. The van der Waals surface area contributed by atoms with Gasteiger partial charge in [-0.2, -0.15) is 0 Å².